The molecule has 0 saturated carbocycles. The average molecular weight is 400 g/mol. The van der Waals surface area contributed by atoms with E-state index in [1.165, 1.54) is 13.4 Å². The van der Waals surface area contributed by atoms with E-state index in [1.807, 2.05) is 31.2 Å². The molecule has 0 atom stereocenters. The first-order valence-electron chi connectivity index (χ1n) is 8.37. The number of halogens is 1. The molecule has 0 unspecified atom stereocenters. The van der Waals surface area contributed by atoms with Crippen LogP contribution in [0.4, 0.5) is 23.0 Å². The fourth-order valence-corrected chi connectivity index (χ4v) is 2.74. The van der Waals surface area contributed by atoms with Gasteiger partial charge in [-0.2, -0.15) is 0 Å². The smallest absolute Gasteiger partial charge is 0.353 e. The minimum absolute atomic E-state index is 0.0342. The third kappa shape index (κ3) is 4.47. The molecular formula is C19H18ClN5O3. The van der Waals surface area contributed by atoms with E-state index in [4.69, 9.17) is 16.3 Å². The van der Waals surface area contributed by atoms with Gasteiger partial charge in [0.2, 0.25) is 11.6 Å². The number of nitrogens with zero attached hydrogens (tertiary/aromatic N) is 3. The van der Waals surface area contributed by atoms with E-state index in [1.54, 1.807) is 18.2 Å². The van der Waals surface area contributed by atoms with Crippen molar-refractivity contribution in [2.45, 2.75) is 13.5 Å². The van der Waals surface area contributed by atoms with Crippen LogP contribution >= 0.6 is 11.6 Å². The van der Waals surface area contributed by atoms with Crippen molar-refractivity contribution in [3.8, 4) is 5.75 Å². The van der Waals surface area contributed by atoms with Gasteiger partial charge in [-0.1, -0.05) is 41.4 Å². The van der Waals surface area contributed by atoms with Crippen LogP contribution < -0.4 is 15.4 Å². The lowest BCUT2D eigenvalue weighted by molar-refractivity contribution is -0.383. The second-order valence-electron chi connectivity index (χ2n) is 5.99. The van der Waals surface area contributed by atoms with Gasteiger partial charge in [0.25, 0.3) is 0 Å². The third-order valence-corrected chi connectivity index (χ3v) is 4.24. The average Bonchev–Trinajstić information content (AvgIpc) is 2.67. The predicted octanol–water partition coefficient (Wildman–Crippen LogP) is 4.71. The summed E-state index contributed by atoms with van der Waals surface area (Å²) < 4.78 is 5.27. The van der Waals surface area contributed by atoms with Crippen molar-refractivity contribution in [2.75, 3.05) is 17.7 Å². The van der Waals surface area contributed by atoms with Crippen LogP contribution in [-0.4, -0.2) is 22.0 Å². The van der Waals surface area contributed by atoms with Crippen LogP contribution in [0, 0.1) is 17.0 Å². The molecule has 0 aliphatic rings. The van der Waals surface area contributed by atoms with Crippen LogP contribution in [0.3, 0.4) is 0 Å². The molecule has 144 valence electrons. The minimum atomic E-state index is -0.531. The van der Waals surface area contributed by atoms with E-state index < -0.39 is 4.92 Å². The molecule has 1 aromatic heterocycles. The summed E-state index contributed by atoms with van der Waals surface area (Å²) in [7, 11) is 1.50. The highest BCUT2D eigenvalue weighted by atomic mass is 35.5. The number of hydrogen-bond acceptors (Lipinski definition) is 7. The molecule has 1 heterocycles. The fraction of sp³-hybridized carbons (Fsp3) is 0.158. The largest absolute Gasteiger partial charge is 0.495 e. The lowest BCUT2D eigenvalue weighted by Gasteiger charge is -2.13. The van der Waals surface area contributed by atoms with Crippen LogP contribution in [-0.2, 0) is 6.54 Å². The summed E-state index contributed by atoms with van der Waals surface area (Å²) in [6.45, 7) is 2.38. The predicted molar refractivity (Wildman–Crippen MR) is 108 cm³/mol. The molecule has 0 fully saturated rings. The van der Waals surface area contributed by atoms with Gasteiger partial charge >= 0.3 is 5.69 Å². The van der Waals surface area contributed by atoms with E-state index in [2.05, 4.69) is 20.6 Å². The van der Waals surface area contributed by atoms with Gasteiger partial charge in [-0.15, -0.1) is 0 Å². The van der Waals surface area contributed by atoms with Gasteiger partial charge in [-0.05, 0) is 30.7 Å². The Morgan fingerprint density at radius 2 is 1.86 bits per heavy atom. The standard InChI is InChI=1S/C19H18ClN5O3/c1-12-3-5-13(6-4-12)10-21-18-17(25(26)27)19(23-11-22-18)24-15-9-14(20)7-8-16(15)28-2/h3-9,11H,10H2,1-2H3,(H2,21,22,23,24). The zero-order valence-electron chi connectivity index (χ0n) is 15.3. The van der Waals surface area contributed by atoms with Crippen molar-refractivity contribution < 1.29 is 9.66 Å². The van der Waals surface area contributed by atoms with Gasteiger partial charge in [0.1, 0.15) is 12.1 Å². The Morgan fingerprint density at radius 1 is 1.14 bits per heavy atom. The number of nitro groups is 1. The van der Waals surface area contributed by atoms with E-state index in [0.717, 1.165) is 11.1 Å². The Morgan fingerprint density at radius 3 is 2.54 bits per heavy atom. The van der Waals surface area contributed by atoms with Gasteiger partial charge in [-0.3, -0.25) is 10.1 Å². The summed E-state index contributed by atoms with van der Waals surface area (Å²) in [6, 6.07) is 12.8. The van der Waals surface area contributed by atoms with E-state index >= 15 is 0 Å². The summed E-state index contributed by atoms with van der Waals surface area (Å²) in [5, 5.41) is 18.1. The molecular weight excluding hydrogens is 382 g/mol. The molecule has 0 aliphatic heterocycles. The molecule has 0 spiro atoms. The number of benzene rings is 2. The van der Waals surface area contributed by atoms with Crippen LogP contribution in [0.2, 0.25) is 5.02 Å². The van der Waals surface area contributed by atoms with Crippen molar-refractivity contribution >= 4 is 34.6 Å². The fourth-order valence-electron chi connectivity index (χ4n) is 2.57. The van der Waals surface area contributed by atoms with E-state index in [-0.39, 0.29) is 17.3 Å². The molecule has 8 nitrogen and oxygen atoms in total. The number of anilines is 3. The van der Waals surface area contributed by atoms with Crippen molar-refractivity contribution in [3.63, 3.8) is 0 Å². The Labute approximate surface area is 166 Å². The second kappa shape index (κ2) is 8.53. The number of methoxy groups -OCH3 is 1. The minimum Gasteiger partial charge on any atom is -0.495 e. The highest BCUT2D eigenvalue weighted by molar-refractivity contribution is 6.31. The summed E-state index contributed by atoms with van der Waals surface area (Å²) in [4.78, 5) is 19.2. The summed E-state index contributed by atoms with van der Waals surface area (Å²) in [5.74, 6) is 0.627. The molecule has 0 aliphatic carbocycles. The van der Waals surface area contributed by atoms with Crippen LogP contribution in [0.15, 0.2) is 48.8 Å². The Hall–Kier alpha value is -3.39. The van der Waals surface area contributed by atoms with E-state index in [9.17, 15) is 10.1 Å². The Balaban J connectivity index is 1.90. The SMILES string of the molecule is COc1ccc(Cl)cc1Nc1ncnc(NCc2ccc(C)cc2)c1[N+](=O)[O-]. The lowest BCUT2D eigenvalue weighted by Crippen LogP contribution is -2.08. The monoisotopic (exact) mass is 399 g/mol. The van der Waals surface area contributed by atoms with Gasteiger partial charge in [0.05, 0.1) is 17.7 Å². The normalized spacial score (nSPS) is 10.4. The molecule has 28 heavy (non-hydrogen) atoms. The van der Waals surface area contributed by atoms with Crippen molar-refractivity contribution in [1.82, 2.24) is 9.97 Å². The van der Waals surface area contributed by atoms with Gasteiger partial charge in [0, 0.05) is 11.6 Å². The summed E-state index contributed by atoms with van der Waals surface area (Å²) in [5.41, 5.74) is 2.31. The molecule has 0 saturated heterocycles. The molecule has 2 aromatic carbocycles. The zero-order chi connectivity index (χ0) is 20.1. The van der Waals surface area contributed by atoms with Crippen LogP contribution in [0.5, 0.6) is 5.75 Å². The molecule has 0 bridgehead atoms. The summed E-state index contributed by atoms with van der Waals surface area (Å²) in [6.07, 6.45) is 1.25. The van der Waals surface area contributed by atoms with Crippen molar-refractivity contribution in [2.24, 2.45) is 0 Å². The first-order valence-corrected chi connectivity index (χ1v) is 8.75. The number of nitrogens with one attached hydrogen (secondary N) is 2. The van der Waals surface area contributed by atoms with Gasteiger partial charge in [0.15, 0.2) is 0 Å². The zero-order valence-corrected chi connectivity index (χ0v) is 16.0. The van der Waals surface area contributed by atoms with E-state index in [0.29, 0.717) is 23.0 Å². The number of aromatic nitrogens is 2. The lowest BCUT2D eigenvalue weighted by atomic mass is 10.1. The van der Waals surface area contributed by atoms with Crippen LogP contribution in [0.25, 0.3) is 0 Å². The maximum Gasteiger partial charge on any atom is 0.353 e. The highest BCUT2D eigenvalue weighted by Crippen LogP contribution is 2.35. The second-order valence-corrected chi connectivity index (χ2v) is 6.42. The Kier molecular flexibility index (Phi) is 5.90. The first kappa shape index (κ1) is 19.4. The number of hydrogen-bond donors (Lipinski definition) is 2. The van der Waals surface area contributed by atoms with Crippen molar-refractivity contribution in [1.29, 1.82) is 0 Å². The molecule has 0 radical (unpaired) electrons. The number of aryl methyl sites for hydroxylation is 1. The van der Waals surface area contributed by atoms with Gasteiger partial charge in [-0.25, -0.2) is 9.97 Å². The quantitative estimate of drug-likeness (QED) is 0.438. The summed E-state index contributed by atoms with van der Waals surface area (Å²) >= 11 is 6.03. The molecule has 2 N–H and O–H groups in total. The topological polar surface area (TPSA) is 102 Å². The molecule has 3 rings (SSSR count). The highest BCUT2D eigenvalue weighted by Gasteiger charge is 2.24. The number of ether oxygens (including phenoxy) is 1. The Bertz CT molecular complexity index is 995. The maximum absolute atomic E-state index is 11.7. The van der Waals surface area contributed by atoms with Crippen LogP contribution in [0.1, 0.15) is 11.1 Å². The molecule has 9 heteroatoms. The number of rotatable bonds is 7. The first-order chi connectivity index (χ1) is 13.5. The maximum atomic E-state index is 11.7. The van der Waals surface area contributed by atoms with Gasteiger partial charge < -0.3 is 15.4 Å². The molecule has 0 amide bonds. The third-order valence-electron chi connectivity index (χ3n) is 4.00. The molecule has 3 aromatic rings. The van der Waals surface area contributed by atoms with Crippen molar-refractivity contribution in [3.05, 3.63) is 75.1 Å².